The molecule has 1 aromatic heterocycles. The summed E-state index contributed by atoms with van der Waals surface area (Å²) in [7, 11) is 0. The van der Waals surface area contributed by atoms with Gasteiger partial charge in [-0.05, 0) is 39.3 Å². The van der Waals surface area contributed by atoms with Gasteiger partial charge in [0.05, 0.1) is 12.5 Å². The van der Waals surface area contributed by atoms with E-state index in [-0.39, 0.29) is 6.42 Å². The second kappa shape index (κ2) is 6.74. The van der Waals surface area contributed by atoms with Crippen LogP contribution in [0.25, 0.3) is 0 Å². The topological polar surface area (TPSA) is 75.6 Å². The van der Waals surface area contributed by atoms with E-state index < -0.39 is 23.7 Å². The van der Waals surface area contributed by atoms with Crippen LogP contribution >= 0.6 is 11.3 Å². The van der Waals surface area contributed by atoms with Crippen molar-refractivity contribution in [1.29, 1.82) is 0 Å². The summed E-state index contributed by atoms with van der Waals surface area (Å²) < 4.78 is 5.17. The molecule has 0 fully saturated rings. The molecular weight excluding hydrogens is 278 g/mol. The number of ether oxygens (including phenoxy) is 1. The van der Waals surface area contributed by atoms with Crippen LogP contribution < -0.4 is 5.32 Å². The predicted octanol–water partition coefficient (Wildman–Crippen LogP) is 3.35. The summed E-state index contributed by atoms with van der Waals surface area (Å²) in [6.45, 7) is 7.32. The first-order valence-corrected chi connectivity index (χ1v) is 7.33. The van der Waals surface area contributed by atoms with Crippen LogP contribution in [-0.4, -0.2) is 22.8 Å². The van der Waals surface area contributed by atoms with Gasteiger partial charge in [-0.2, -0.15) is 0 Å². The second-order valence-corrected chi connectivity index (χ2v) is 6.65. The number of aliphatic carboxylic acids is 1. The number of carbonyl (C=O) groups is 2. The van der Waals surface area contributed by atoms with Crippen LogP contribution in [-0.2, 0) is 16.0 Å². The maximum absolute atomic E-state index is 11.8. The number of hydrogen-bond acceptors (Lipinski definition) is 4. The van der Waals surface area contributed by atoms with Crippen molar-refractivity contribution in [2.75, 3.05) is 0 Å². The van der Waals surface area contributed by atoms with Crippen molar-refractivity contribution in [3.63, 3.8) is 0 Å². The van der Waals surface area contributed by atoms with Gasteiger partial charge in [0, 0.05) is 9.75 Å². The number of carboxylic acids is 1. The number of aryl methyl sites for hydroxylation is 1. The molecule has 0 saturated heterocycles. The van der Waals surface area contributed by atoms with Crippen LogP contribution in [0.1, 0.15) is 49.9 Å². The number of carboxylic acid groups (broad SMARTS) is 1. The number of thiophene rings is 1. The van der Waals surface area contributed by atoms with Gasteiger partial charge in [-0.1, -0.05) is 6.92 Å². The van der Waals surface area contributed by atoms with Crippen molar-refractivity contribution in [1.82, 2.24) is 5.32 Å². The molecule has 112 valence electrons. The molecule has 1 amide bonds. The molecule has 0 radical (unpaired) electrons. The number of rotatable bonds is 5. The molecule has 0 bridgehead atoms. The zero-order valence-corrected chi connectivity index (χ0v) is 13.0. The monoisotopic (exact) mass is 299 g/mol. The first-order chi connectivity index (χ1) is 9.21. The van der Waals surface area contributed by atoms with E-state index in [2.05, 4.69) is 5.32 Å². The Labute approximate surface area is 123 Å². The molecule has 5 nitrogen and oxygen atoms in total. The normalized spacial score (nSPS) is 12.8. The van der Waals surface area contributed by atoms with Gasteiger partial charge in [-0.25, -0.2) is 4.79 Å². The average molecular weight is 299 g/mol. The molecule has 0 saturated carbocycles. The summed E-state index contributed by atoms with van der Waals surface area (Å²) in [5, 5.41) is 11.6. The second-order valence-electron chi connectivity index (χ2n) is 5.45. The van der Waals surface area contributed by atoms with Crippen molar-refractivity contribution < 1.29 is 19.4 Å². The smallest absolute Gasteiger partial charge is 0.408 e. The molecule has 0 aromatic carbocycles. The highest BCUT2D eigenvalue weighted by Crippen LogP contribution is 2.26. The molecule has 1 atom stereocenters. The van der Waals surface area contributed by atoms with E-state index in [0.717, 1.165) is 16.2 Å². The Morgan fingerprint density at radius 2 is 2.05 bits per heavy atom. The molecule has 0 aliphatic heterocycles. The number of hydrogen-bond donors (Lipinski definition) is 2. The third kappa shape index (κ3) is 5.61. The summed E-state index contributed by atoms with van der Waals surface area (Å²) in [6.07, 6.45) is 0.120. The van der Waals surface area contributed by atoms with Gasteiger partial charge in [0.25, 0.3) is 0 Å². The highest BCUT2D eigenvalue weighted by Gasteiger charge is 2.23. The Kier molecular flexibility index (Phi) is 5.56. The number of alkyl carbamates (subject to hydrolysis) is 1. The minimum Gasteiger partial charge on any atom is -0.481 e. The van der Waals surface area contributed by atoms with Crippen molar-refractivity contribution in [2.24, 2.45) is 0 Å². The Bertz CT molecular complexity index is 476. The van der Waals surface area contributed by atoms with Crippen LogP contribution in [0.4, 0.5) is 4.79 Å². The lowest BCUT2D eigenvalue weighted by Gasteiger charge is -2.22. The highest BCUT2D eigenvalue weighted by molar-refractivity contribution is 7.12. The van der Waals surface area contributed by atoms with E-state index in [1.807, 2.05) is 19.1 Å². The van der Waals surface area contributed by atoms with Crippen molar-refractivity contribution >= 4 is 23.4 Å². The molecule has 1 aromatic rings. The lowest BCUT2D eigenvalue weighted by atomic mass is 10.1. The van der Waals surface area contributed by atoms with Crippen molar-refractivity contribution in [2.45, 2.75) is 52.2 Å². The minimum atomic E-state index is -0.961. The zero-order chi connectivity index (χ0) is 15.3. The van der Waals surface area contributed by atoms with Crippen LogP contribution in [0.15, 0.2) is 12.1 Å². The van der Waals surface area contributed by atoms with Gasteiger partial charge in [0.2, 0.25) is 0 Å². The fraction of sp³-hybridized carbons (Fsp3) is 0.571. The molecule has 1 rings (SSSR count). The molecule has 20 heavy (non-hydrogen) atoms. The van der Waals surface area contributed by atoms with Crippen LogP contribution in [0, 0.1) is 0 Å². The maximum Gasteiger partial charge on any atom is 0.408 e. The van der Waals surface area contributed by atoms with E-state index >= 15 is 0 Å². The lowest BCUT2D eigenvalue weighted by molar-refractivity contribution is -0.137. The van der Waals surface area contributed by atoms with E-state index in [0.29, 0.717) is 0 Å². The molecule has 2 N–H and O–H groups in total. The average Bonchev–Trinajstić information content (AvgIpc) is 2.73. The summed E-state index contributed by atoms with van der Waals surface area (Å²) >= 11 is 1.51. The molecule has 0 aliphatic carbocycles. The van der Waals surface area contributed by atoms with Gasteiger partial charge in [-0.3, -0.25) is 4.79 Å². The van der Waals surface area contributed by atoms with Gasteiger partial charge >= 0.3 is 12.1 Å². The third-order valence-corrected chi connectivity index (χ3v) is 3.79. The quantitative estimate of drug-likeness (QED) is 0.874. The summed E-state index contributed by atoms with van der Waals surface area (Å²) in [5.41, 5.74) is -0.609. The first-order valence-electron chi connectivity index (χ1n) is 6.51. The molecule has 1 heterocycles. The highest BCUT2D eigenvalue weighted by atomic mass is 32.1. The molecule has 6 heteroatoms. The largest absolute Gasteiger partial charge is 0.481 e. The van der Waals surface area contributed by atoms with E-state index in [1.165, 1.54) is 11.3 Å². The molecule has 0 spiro atoms. The molecular formula is C14H21NO4S. The molecule has 0 aliphatic rings. The van der Waals surface area contributed by atoms with Gasteiger partial charge < -0.3 is 15.2 Å². The van der Waals surface area contributed by atoms with Crippen LogP contribution in [0.3, 0.4) is 0 Å². The van der Waals surface area contributed by atoms with Gasteiger partial charge in [0.15, 0.2) is 0 Å². The number of amides is 1. The van der Waals surface area contributed by atoms with Gasteiger partial charge in [-0.15, -0.1) is 11.3 Å². The van der Waals surface area contributed by atoms with Crippen molar-refractivity contribution in [3.8, 4) is 0 Å². The zero-order valence-electron chi connectivity index (χ0n) is 12.2. The lowest BCUT2D eigenvalue weighted by Crippen LogP contribution is -2.35. The minimum absolute atomic E-state index is 0.164. The Morgan fingerprint density at radius 1 is 1.40 bits per heavy atom. The fourth-order valence-corrected chi connectivity index (χ4v) is 2.62. The number of carbonyl (C=O) groups excluding carboxylic acids is 1. The molecule has 1 unspecified atom stereocenters. The van der Waals surface area contributed by atoms with Crippen molar-refractivity contribution in [3.05, 3.63) is 21.9 Å². The Hall–Kier alpha value is -1.56. The fourth-order valence-electron chi connectivity index (χ4n) is 1.62. The summed E-state index contributed by atoms with van der Waals surface area (Å²) in [4.78, 5) is 24.7. The Morgan fingerprint density at radius 3 is 2.50 bits per heavy atom. The standard InChI is InChI=1S/C14H21NO4S/c1-5-9-6-7-11(20-9)10(8-12(16)17)15-13(18)19-14(2,3)4/h6-7,10H,5,8H2,1-4H3,(H,15,18)(H,16,17). The Balaban J connectivity index is 2.79. The SMILES string of the molecule is CCc1ccc(C(CC(=O)O)NC(=O)OC(C)(C)C)s1. The first kappa shape index (κ1) is 16.5. The van der Waals surface area contributed by atoms with Crippen LogP contribution in [0.2, 0.25) is 0 Å². The van der Waals surface area contributed by atoms with E-state index in [9.17, 15) is 9.59 Å². The summed E-state index contributed by atoms with van der Waals surface area (Å²) in [6, 6.07) is 3.24. The number of nitrogens with one attached hydrogen (secondary N) is 1. The van der Waals surface area contributed by atoms with Crippen LogP contribution in [0.5, 0.6) is 0 Å². The van der Waals surface area contributed by atoms with E-state index in [1.54, 1.807) is 20.8 Å². The third-order valence-electron chi connectivity index (χ3n) is 2.44. The van der Waals surface area contributed by atoms with Gasteiger partial charge in [0.1, 0.15) is 5.60 Å². The predicted molar refractivity (Wildman–Crippen MR) is 78.1 cm³/mol. The summed E-state index contributed by atoms with van der Waals surface area (Å²) in [5.74, 6) is -0.961. The maximum atomic E-state index is 11.8. The van der Waals surface area contributed by atoms with E-state index in [4.69, 9.17) is 9.84 Å².